The van der Waals surface area contributed by atoms with Crippen LogP contribution in [0.3, 0.4) is 0 Å². The van der Waals surface area contributed by atoms with Crippen LogP contribution in [0, 0.1) is 0 Å². The van der Waals surface area contributed by atoms with Gasteiger partial charge >= 0.3 is 0 Å². The van der Waals surface area contributed by atoms with Crippen LogP contribution in [0.25, 0.3) is 11.4 Å². The molecule has 196 valence electrons. The second kappa shape index (κ2) is 10.3. The molecule has 0 radical (unpaired) electrons. The van der Waals surface area contributed by atoms with Crippen LogP contribution in [0.5, 0.6) is 0 Å². The highest BCUT2D eigenvalue weighted by molar-refractivity contribution is 7.91. The van der Waals surface area contributed by atoms with Crippen molar-refractivity contribution < 1.29 is 17.7 Å². The van der Waals surface area contributed by atoms with Gasteiger partial charge in [0.2, 0.25) is 17.6 Å². The quantitative estimate of drug-likeness (QED) is 0.243. The lowest BCUT2D eigenvalue weighted by Crippen LogP contribution is -2.16. The van der Waals surface area contributed by atoms with Crippen LogP contribution in [0.4, 0.5) is 5.69 Å². The number of hydrogen-bond donors (Lipinski definition) is 1. The second-order valence-corrected chi connectivity index (χ2v) is 12.6. The summed E-state index contributed by atoms with van der Waals surface area (Å²) in [4.78, 5) is 17.5. The molecule has 7 nitrogen and oxygen atoms in total. The van der Waals surface area contributed by atoms with Crippen LogP contribution < -0.4 is 5.32 Å². The number of anilines is 1. The molecular weight excluding hydrogens is 569 g/mol. The van der Waals surface area contributed by atoms with Gasteiger partial charge in [0, 0.05) is 31.9 Å². The van der Waals surface area contributed by atoms with Crippen molar-refractivity contribution in [1.82, 2.24) is 10.1 Å². The van der Waals surface area contributed by atoms with Gasteiger partial charge in [0.05, 0.1) is 22.5 Å². The maximum absolute atomic E-state index is 12.7. The third-order valence-corrected chi connectivity index (χ3v) is 9.12. The Hall–Kier alpha value is -2.91. The van der Waals surface area contributed by atoms with E-state index < -0.39 is 15.3 Å². The van der Waals surface area contributed by atoms with Crippen molar-refractivity contribution in [2.75, 3.05) is 11.1 Å². The van der Waals surface area contributed by atoms with Crippen LogP contribution in [0.2, 0.25) is 15.1 Å². The highest BCUT2D eigenvalue weighted by Gasteiger charge is 2.53. The normalized spacial score (nSPS) is 14.3. The Labute approximate surface area is 235 Å². The van der Waals surface area contributed by atoms with E-state index in [4.69, 9.17) is 39.3 Å². The van der Waals surface area contributed by atoms with E-state index in [-0.39, 0.29) is 23.0 Å². The average Bonchev–Trinajstić information content (AvgIpc) is 3.51. The number of carbonyl (C=O) groups is 1. The zero-order valence-corrected chi connectivity index (χ0v) is 23.3. The summed E-state index contributed by atoms with van der Waals surface area (Å²) in [6.07, 6.45) is 1.54. The number of nitrogens with zero attached hydrogens (tertiary/aromatic N) is 2. The Morgan fingerprint density at radius 2 is 1.63 bits per heavy atom. The molecule has 0 bridgehead atoms. The predicted molar refractivity (Wildman–Crippen MR) is 148 cm³/mol. The standard InChI is InChI=1S/C27H22Cl3N3O4S/c1-2-38(35,36)20-9-3-16(4-10-20)13-23(34)31-19-14-21(29)24(22(30)15-19)27(11-12-27)26-32-25(33-37-26)17-5-7-18(28)8-6-17/h3-10,14-15H,2,11-13H2,1H3,(H,31,34). The Balaban J connectivity index is 1.32. The number of hydrogen-bond acceptors (Lipinski definition) is 6. The molecule has 1 heterocycles. The van der Waals surface area contributed by atoms with Crippen molar-refractivity contribution >= 4 is 56.2 Å². The summed E-state index contributed by atoms with van der Waals surface area (Å²) < 4.78 is 29.6. The summed E-state index contributed by atoms with van der Waals surface area (Å²) in [5.74, 6) is 0.597. The third-order valence-electron chi connectivity index (χ3n) is 6.52. The zero-order valence-electron chi connectivity index (χ0n) is 20.2. The molecule has 1 fully saturated rings. The fourth-order valence-corrected chi connectivity index (χ4v) is 6.16. The number of benzene rings is 3. The Morgan fingerprint density at radius 3 is 2.21 bits per heavy atom. The molecule has 3 aromatic carbocycles. The lowest BCUT2D eigenvalue weighted by atomic mass is 9.95. The van der Waals surface area contributed by atoms with Crippen LogP contribution in [-0.4, -0.2) is 30.2 Å². The van der Waals surface area contributed by atoms with Crippen LogP contribution in [0.1, 0.15) is 36.8 Å². The number of nitrogens with one attached hydrogen (secondary N) is 1. The zero-order chi connectivity index (χ0) is 27.1. The van der Waals surface area contributed by atoms with Crippen LogP contribution >= 0.6 is 34.8 Å². The lowest BCUT2D eigenvalue weighted by molar-refractivity contribution is -0.115. The SMILES string of the molecule is CCS(=O)(=O)c1ccc(CC(=O)Nc2cc(Cl)c(C3(c4nc(-c5ccc(Cl)cc5)no4)CC3)c(Cl)c2)cc1. The Bertz CT molecular complexity index is 1590. The molecule has 1 aliphatic carbocycles. The monoisotopic (exact) mass is 589 g/mol. The van der Waals surface area contributed by atoms with E-state index in [2.05, 4.69) is 15.5 Å². The van der Waals surface area contributed by atoms with Gasteiger partial charge in [-0.2, -0.15) is 4.98 Å². The summed E-state index contributed by atoms with van der Waals surface area (Å²) in [7, 11) is -3.30. The number of amides is 1. The first-order valence-corrected chi connectivity index (χ1v) is 14.6. The number of sulfone groups is 1. The molecular formula is C27H22Cl3N3O4S. The summed E-state index contributed by atoms with van der Waals surface area (Å²) in [6, 6.07) is 16.7. The van der Waals surface area contributed by atoms with Crippen LogP contribution in [0.15, 0.2) is 70.1 Å². The van der Waals surface area contributed by atoms with Crippen molar-refractivity contribution in [3.8, 4) is 11.4 Å². The van der Waals surface area contributed by atoms with Gasteiger partial charge < -0.3 is 9.84 Å². The summed E-state index contributed by atoms with van der Waals surface area (Å²) in [6.45, 7) is 1.59. The van der Waals surface area contributed by atoms with Gasteiger partial charge in [-0.15, -0.1) is 0 Å². The molecule has 0 saturated heterocycles. The maximum atomic E-state index is 12.7. The molecule has 0 unspecified atom stereocenters. The highest BCUT2D eigenvalue weighted by Crippen LogP contribution is 2.57. The summed E-state index contributed by atoms with van der Waals surface area (Å²) in [5.41, 5.74) is 1.99. The minimum absolute atomic E-state index is 0.0155. The van der Waals surface area contributed by atoms with Crippen molar-refractivity contribution in [3.05, 3.63) is 92.7 Å². The first-order valence-electron chi connectivity index (χ1n) is 11.8. The molecule has 1 N–H and O–H groups in total. The van der Waals surface area contributed by atoms with E-state index in [0.717, 1.165) is 18.4 Å². The largest absolute Gasteiger partial charge is 0.338 e. The number of rotatable bonds is 8. The molecule has 11 heteroatoms. The summed E-state index contributed by atoms with van der Waals surface area (Å²) in [5, 5.41) is 8.30. The molecule has 1 aliphatic rings. The van der Waals surface area contributed by atoms with Gasteiger partial charge in [0.25, 0.3) is 0 Å². The molecule has 5 rings (SSSR count). The van der Waals surface area contributed by atoms with E-state index >= 15 is 0 Å². The Kier molecular flexibility index (Phi) is 7.26. The van der Waals surface area contributed by atoms with Crippen molar-refractivity contribution in [2.45, 2.75) is 36.5 Å². The molecule has 0 aliphatic heterocycles. The number of halogens is 3. The van der Waals surface area contributed by atoms with Crippen molar-refractivity contribution in [3.63, 3.8) is 0 Å². The first kappa shape index (κ1) is 26.7. The molecule has 4 aromatic rings. The van der Waals surface area contributed by atoms with Crippen molar-refractivity contribution in [2.24, 2.45) is 0 Å². The van der Waals surface area contributed by atoms with E-state index in [1.54, 1.807) is 43.3 Å². The first-order chi connectivity index (χ1) is 18.1. The third kappa shape index (κ3) is 5.31. The second-order valence-electron chi connectivity index (χ2n) is 9.10. The fourth-order valence-electron chi connectivity index (χ4n) is 4.30. The van der Waals surface area contributed by atoms with Gasteiger partial charge in [-0.3, -0.25) is 4.79 Å². The van der Waals surface area contributed by atoms with Gasteiger partial charge in [0.15, 0.2) is 9.84 Å². The van der Waals surface area contributed by atoms with E-state index in [0.29, 0.717) is 43.6 Å². The fraction of sp³-hybridized carbons (Fsp3) is 0.222. The molecule has 0 atom stereocenters. The Morgan fingerprint density at radius 1 is 1.00 bits per heavy atom. The smallest absolute Gasteiger partial charge is 0.237 e. The lowest BCUT2D eigenvalue weighted by Gasteiger charge is -2.17. The topological polar surface area (TPSA) is 102 Å². The number of carbonyl (C=O) groups excluding carboxylic acids is 1. The van der Waals surface area contributed by atoms with Gasteiger partial charge in [0.1, 0.15) is 0 Å². The van der Waals surface area contributed by atoms with E-state index in [1.165, 1.54) is 12.1 Å². The van der Waals surface area contributed by atoms with Gasteiger partial charge in [-0.25, -0.2) is 8.42 Å². The molecule has 0 spiro atoms. The minimum Gasteiger partial charge on any atom is -0.338 e. The maximum Gasteiger partial charge on any atom is 0.237 e. The van der Waals surface area contributed by atoms with Crippen molar-refractivity contribution in [1.29, 1.82) is 0 Å². The van der Waals surface area contributed by atoms with Gasteiger partial charge in [-0.05, 0) is 66.9 Å². The summed E-state index contributed by atoms with van der Waals surface area (Å²) >= 11 is 19.3. The molecule has 38 heavy (non-hydrogen) atoms. The number of aromatic nitrogens is 2. The predicted octanol–water partition coefficient (Wildman–Crippen LogP) is 6.75. The molecule has 1 aromatic heterocycles. The highest BCUT2D eigenvalue weighted by atomic mass is 35.5. The average molecular weight is 591 g/mol. The minimum atomic E-state index is -3.30. The van der Waals surface area contributed by atoms with Crippen LogP contribution in [-0.2, 0) is 26.5 Å². The van der Waals surface area contributed by atoms with Gasteiger partial charge in [-0.1, -0.05) is 59.0 Å². The van der Waals surface area contributed by atoms with E-state index in [1.807, 2.05) is 12.1 Å². The molecule has 1 amide bonds. The van der Waals surface area contributed by atoms with E-state index in [9.17, 15) is 13.2 Å². The molecule has 1 saturated carbocycles.